The Kier molecular flexibility index (Phi) is 10.4. The normalized spacial score (nSPS) is 10.6. The average Bonchev–Trinajstić information content (AvgIpc) is 2.53. The maximum absolute atomic E-state index is 5.83. The van der Waals surface area contributed by atoms with Gasteiger partial charge in [0.1, 0.15) is 0 Å². The van der Waals surface area contributed by atoms with Gasteiger partial charge in [-0.3, -0.25) is 0 Å². The van der Waals surface area contributed by atoms with E-state index < -0.39 is 0 Å². The van der Waals surface area contributed by atoms with Crippen molar-refractivity contribution in [1.29, 1.82) is 0 Å². The van der Waals surface area contributed by atoms with Gasteiger partial charge >= 0.3 is 0 Å². The van der Waals surface area contributed by atoms with Crippen molar-refractivity contribution in [1.82, 2.24) is 0 Å². The van der Waals surface area contributed by atoms with Gasteiger partial charge in [-0.05, 0) is 24.1 Å². The van der Waals surface area contributed by atoms with E-state index in [4.69, 9.17) is 9.47 Å². The van der Waals surface area contributed by atoms with E-state index in [1.807, 2.05) is 12.1 Å². The molecule has 0 atom stereocenters. The van der Waals surface area contributed by atoms with Crippen LogP contribution in [0.15, 0.2) is 18.2 Å². The number of hydrogen-bond donors (Lipinski definition) is 0. The Morgan fingerprint density at radius 1 is 0.905 bits per heavy atom. The number of unbranched alkanes of at least 4 members (excludes halogenated alkanes) is 7. The van der Waals surface area contributed by atoms with Gasteiger partial charge in [-0.25, -0.2) is 0 Å². The Balaban J connectivity index is 2.15. The molecule has 0 aliphatic rings. The average molecular weight is 357 g/mol. The van der Waals surface area contributed by atoms with Crippen LogP contribution in [0.3, 0.4) is 0 Å². The minimum absolute atomic E-state index is 0.777. The van der Waals surface area contributed by atoms with E-state index in [0.29, 0.717) is 0 Å². The summed E-state index contributed by atoms with van der Waals surface area (Å²) in [4.78, 5) is 0. The van der Waals surface area contributed by atoms with Gasteiger partial charge in [0.15, 0.2) is 11.5 Å². The zero-order valence-electron chi connectivity index (χ0n) is 13.5. The summed E-state index contributed by atoms with van der Waals surface area (Å²) >= 11 is 3.45. The predicted molar refractivity (Wildman–Crippen MR) is 93.7 cm³/mol. The summed E-state index contributed by atoms with van der Waals surface area (Å²) in [6.45, 7) is 3.04. The molecule has 21 heavy (non-hydrogen) atoms. The number of rotatable bonds is 12. The lowest BCUT2D eigenvalue weighted by Crippen LogP contribution is -1.99. The molecule has 0 unspecified atom stereocenters. The molecule has 0 radical (unpaired) electrons. The molecular formula is C18H29BrO2. The Labute approximate surface area is 138 Å². The van der Waals surface area contributed by atoms with Crippen molar-refractivity contribution >= 4 is 15.9 Å². The van der Waals surface area contributed by atoms with Gasteiger partial charge in [0.25, 0.3) is 0 Å². The molecule has 1 aromatic carbocycles. The van der Waals surface area contributed by atoms with Crippen LogP contribution in [0.2, 0.25) is 0 Å². The summed E-state index contributed by atoms with van der Waals surface area (Å²) in [6.07, 6.45) is 10.6. The maximum Gasteiger partial charge on any atom is 0.161 e. The van der Waals surface area contributed by atoms with E-state index in [2.05, 4.69) is 28.9 Å². The van der Waals surface area contributed by atoms with Crippen LogP contribution >= 0.6 is 15.9 Å². The highest BCUT2D eigenvalue weighted by atomic mass is 79.9. The molecule has 3 heteroatoms. The van der Waals surface area contributed by atoms with Gasteiger partial charge in [-0.15, -0.1) is 0 Å². The van der Waals surface area contributed by atoms with E-state index in [9.17, 15) is 0 Å². The van der Waals surface area contributed by atoms with E-state index in [0.717, 1.165) is 29.9 Å². The lowest BCUT2D eigenvalue weighted by atomic mass is 10.1. The molecule has 0 spiro atoms. The lowest BCUT2D eigenvalue weighted by Gasteiger charge is -2.11. The first-order valence-electron chi connectivity index (χ1n) is 8.17. The van der Waals surface area contributed by atoms with Crippen LogP contribution < -0.4 is 9.47 Å². The topological polar surface area (TPSA) is 18.5 Å². The zero-order valence-corrected chi connectivity index (χ0v) is 15.1. The summed E-state index contributed by atoms with van der Waals surface area (Å²) in [7, 11) is 1.69. The van der Waals surface area contributed by atoms with Crippen molar-refractivity contribution in [3.63, 3.8) is 0 Å². The van der Waals surface area contributed by atoms with Crippen LogP contribution in [0.5, 0.6) is 11.5 Å². The van der Waals surface area contributed by atoms with Crippen molar-refractivity contribution in [2.24, 2.45) is 0 Å². The summed E-state index contributed by atoms with van der Waals surface area (Å²) < 4.78 is 11.2. The van der Waals surface area contributed by atoms with Crippen LogP contribution in [0.25, 0.3) is 0 Å². The molecule has 0 aliphatic heterocycles. The molecule has 0 aliphatic carbocycles. The quantitative estimate of drug-likeness (QED) is 0.332. The number of ether oxygens (including phenoxy) is 2. The minimum Gasteiger partial charge on any atom is -0.493 e. The molecule has 120 valence electrons. The van der Waals surface area contributed by atoms with Crippen LogP contribution in [-0.2, 0) is 5.33 Å². The van der Waals surface area contributed by atoms with Gasteiger partial charge in [-0.1, -0.05) is 73.9 Å². The van der Waals surface area contributed by atoms with Crippen molar-refractivity contribution < 1.29 is 9.47 Å². The van der Waals surface area contributed by atoms with Gasteiger partial charge < -0.3 is 9.47 Å². The molecule has 0 amide bonds. The van der Waals surface area contributed by atoms with Gasteiger partial charge in [0.2, 0.25) is 0 Å². The Morgan fingerprint density at radius 3 is 2.19 bits per heavy atom. The highest BCUT2D eigenvalue weighted by Gasteiger charge is 2.05. The van der Waals surface area contributed by atoms with Crippen molar-refractivity contribution in [2.75, 3.05) is 13.7 Å². The fourth-order valence-electron chi connectivity index (χ4n) is 2.33. The molecular weight excluding hydrogens is 328 g/mol. The summed E-state index contributed by atoms with van der Waals surface area (Å²) in [5, 5.41) is 0.835. The second kappa shape index (κ2) is 11.9. The minimum atomic E-state index is 0.777. The van der Waals surface area contributed by atoms with E-state index in [1.165, 1.54) is 50.5 Å². The van der Waals surface area contributed by atoms with Gasteiger partial charge in [0, 0.05) is 5.33 Å². The Bertz CT molecular complexity index is 379. The SMILES string of the molecule is CCCCCCCCCCOc1ccc(CBr)cc1OC. The predicted octanol–water partition coefficient (Wildman–Crippen LogP) is 6.11. The molecule has 1 aromatic rings. The summed E-state index contributed by atoms with van der Waals surface area (Å²) in [5.41, 5.74) is 1.20. The number of methoxy groups -OCH3 is 1. The van der Waals surface area contributed by atoms with Gasteiger partial charge in [0.05, 0.1) is 13.7 Å². The number of benzene rings is 1. The fourth-order valence-corrected chi connectivity index (χ4v) is 2.68. The van der Waals surface area contributed by atoms with Gasteiger partial charge in [-0.2, -0.15) is 0 Å². The van der Waals surface area contributed by atoms with Crippen molar-refractivity contribution in [3.05, 3.63) is 23.8 Å². The Morgan fingerprint density at radius 2 is 1.57 bits per heavy atom. The van der Waals surface area contributed by atoms with E-state index in [1.54, 1.807) is 7.11 Å². The molecule has 0 aromatic heterocycles. The first-order chi connectivity index (χ1) is 10.3. The third-order valence-electron chi connectivity index (χ3n) is 3.64. The second-order valence-electron chi connectivity index (χ2n) is 5.44. The first kappa shape index (κ1) is 18.3. The third-order valence-corrected chi connectivity index (χ3v) is 4.29. The monoisotopic (exact) mass is 356 g/mol. The molecule has 0 fully saturated rings. The molecule has 0 heterocycles. The molecule has 0 saturated heterocycles. The van der Waals surface area contributed by atoms with Crippen LogP contribution in [0.4, 0.5) is 0 Å². The largest absolute Gasteiger partial charge is 0.493 e. The molecule has 2 nitrogen and oxygen atoms in total. The first-order valence-corrected chi connectivity index (χ1v) is 9.29. The highest BCUT2D eigenvalue weighted by Crippen LogP contribution is 2.29. The fraction of sp³-hybridized carbons (Fsp3) is 0.667. The van der Waals surface area contributed by atoms with Crippen molar-refractivity contribution in [2.45, 2.75) is 63.6 Å². The highest BCUT2D eigenvalue weighted by molar-refractivity contribution is 9.08. The van der Waals surface area contributed by atoms with E-state index in [-0.39, 0.29) is 0 Å². The van der Waals surface area contributed by atoms with Crippen LogP contribution in [0, 0.1) is 0 Å². The van der Waals surface area contributed by atoms with Crippen LogP contribution in [-0.4, -0.2) is 13.7 Å². The third kappa shape index (κ3) is 7.75. The summed E-state index contributed by atoms with van der Waals surface area (Å²) in [5.74, 6) is 1.68. The smallest absolute Gasteiger partial charge is 0.161 e. The standard InChI is InChI=1S/C18H29BrO2/c1-3-4-5-6-7-8-9-10-13-21-17-12-11-16(15-19)14-18(17)20-2/h11-12,14H,3-10,13,15H2,1-2H3. The molecule has 0 saturated carbocycles. The lowest BCUT2D eigenvalue weighted by molar-refractivity contribution is 0.284. The zero-order chi connectivity index (χ0) is 15.3. The maximum atomic E-state index is 5.83. The Hall–Kier alpha value is -0.700. The molecule has 1 rings (SSSR count). The number of halogens is 1. The van der Waals surface area contributed by atoms with Crippen molar-refractivity contribution in [3.8, 4) is 11.5 Å². The summed E-state index contributed by atoms with van der Waals surface area (Å²) in [6, 6.07) is 6.10. The second-order valence-corrected chi connectivity index (χ2v) is 6.00. The van der Waals surface area contributed by atoms with E-state index >= 15 is 0 Å². The number of alkyl halides is 1. The molecule has 0 N–H and O–H groups in total. The van der Waals surface area contributed by atoms with Crippen LogP contribution in [0.1, 0.15) is 63.9 Å². The number of hydrogen-bond acceptors (Lipinski definition) is 2. The molecule has 0 bridgehead atoms.